The maximum absolute atomic E-state index is 11.4. The zero-order chi connectivity index (χ0) is 26.2. The summed E-state index contributed by atoms with van der Waals surface area (Å²) >= 11 is 2.98. The van der Waals surface area contributed by atoms with Gasteiger partial charge in [-0.15, -0.1) is 11.3 Å². The van der Waals surface area contributed by atoms with Gasteiger partial charge in [-0.3, -0.25) is 9.59 Å². The third kappa shape index (κ3) is 11.5. The highest BCUT2D eigenvalue weighted by molar-refractivity contribution is 8.01. The van der Waals surface area contributed by atoms with E-state index < -0.39 is 17.8 Å². The van der Waals surface area contributed by atoms with E-state index >= 15 is 0 Å². The summed E-state index contributed by atoms with van der Waals surface area (Å²) < 4.78 is 1.95. The Morgan fingerprint density at radius 2 is 1.56 bits per heavy atom. The Bertz CT molecular complexity index is 903. The van der Waals surface area contributed by atoms with E-state index in [1.807, 2.05) is 0 Å². The second kappa shape index (κ2) is 17.6. The Morgan fingerprint density at radius 3 is 2.11 bits per heavy atom. The van der Waals surface area contributed by atoms with E-state index in [1.54, 1.807) is 11.3 Å². The van der Waals surface area contributed by atoms with Gasteiger partial charge < -0.3 is 15.7 Å². The van der Waals surface area contributed by atoms with Crippen LogP contribution in [-0.4, -0.2) is 40.8 Å². The maximum atomic E-state index is 11.4. The van der Waals surface area contributed by atoms with Gasteiger partial charge in [0.05, 0.1) is 16.1 Å². The number of unbranched alkanes of at least 4 members (excludes halogenated alkanes) is 10. The number of aliphatic carboxylic acids is 1. The summed E-state index contributed by atoms with van der Waals surface area (Å²) in [7, 11) is 0. The minimum Gasteiger partial charge on any atom is -0.481 e. The number of hydrogen-bond donors (Lipinski definition) is 2. The molecule has 0 aliphatic carbocycles. The second-order valence-corrected chi connectivity index (χ2v) is 12.0. The van der Waals surface area contributed by atoms with Crippen molar-refractivity contribution in [1.82, 2.24) is 4.98 Å². The average molecular weight is 536 g/mol. The maximum Gasteiger partial charge on any atom is 0.307 e. The fourth-order valence-electron chi connectivity index (χ4n) is 4.32. The predicted molar refractivity (Wildman–Crippen MR) is 154 cm³/mol. The van der Waals surface area contributed by atoms with Crippen LogP contribution in [0.15, 0.2) is 22.5 Å². The number of hydrogen-bond acceptors (Lipinski definition) is 6. The van der Waals surface area contributed by atoms with Crippen molar-refractivity contribution in [1.29, 1.82) is 0 Å². The molecule has 1 heterocycles. The van der Waals surface area contributed by atoms with Crippen LogP contribution in [0.4, 0.5) is 5.69 Å². The summed E-state index contributed by atoms with van der Waals surface area (Å²) in [6.07, 6.45) is 15.4. The molecule has 202 valence electrons. The molecule has 36 heavy (non-hydrogen) atoms. The van der Waals surface area contributed by atoms with Crippen molar-refractivity contribution in [2.24, 2.45) is 11.7 Å². The van der Waals surface area contributed by atoms with Gasteiger partial charge in [-0.25, -0.2) is 4.98 Å². The third-order valence-corrected chi connectivity index (χ3v) is 8.81. The fraction of sp³-hybridized carbons (Fsp3) is 0.679. The molecule has 0 saturated carbocycles. The number of thioether (sulfide) groups is 1. The van der Waals surface area contributed by atoms with Crippen molar-refractivity contribution in [3.63, 3.8) is 0 Å². The molecule has 1 amide bonds. The number of carbonyl (C=O) groups is 2. The van der Waals surface area contributed by atoms with Crippen LogP contribution >= 0.6 is 23.1 Å². The highest BCUT2D eigenvalue weighted by Gasteiger charge is 2.21. The molecule has 0 spiro atoms. The van der Waals surface area contributed by atoms with E-state index in [0.29, 0.717) is 0 Å². The molecule has 3 N–H and O–H groups in total. The van der Waals surface area contributed by atoms with Crippen LogP contribution in [0.3, 0.4) is 0 Å². The molecule has 0 aliphatic rings. The number of rotatable bonds is 21. The smallest absolute Gasteiger partial charge is 0.307 e. The Morgan fingerprint density at radius 1 is 0.972 bits per heavy atom. The summed E-state index contributed by atoms with van der Waals surface area (Å²) in [5, 5.41) is 9.36. The Hall–Kier alpha value is -1.80. The van der Waals surface area contributed by atoms with Crippen LogP contribution < -0.4 is 10.6 Å². The molecule has 6 nitrogen and oxygen atoms in total. The van der Waals surface area contributed by atoms with Crippen LogP contribution in [0.25, 0.3) is 10.2 Å². The molecule has 0 aliphatic heterocycles. The lowest BCUT2D eigenvalue weighted by Gasteiger charge is -2.25. The quantitative estimate of drug-likeness (QED) is 0.127. The van der Waals surface area contributed by atoms with E-state index in [9.17, 15) is 14.7 Å². The molecular formula is C28H45N3O3S2. The number of primary amides is 1. The van der Waals surface area contributed by atoms with Gasteiger partial charge in [0.15, 0.2) is 4.34 Å². The van der Waals surface area contributed by atoms with Crippen molar-refractivity contribution in [3.8, 4) is 0 Å². The number of amides is 1. The van der Waals surface area contributed by atoms with Crippen LogP contribution in [0.1, 0.15) is 97.3 Å². The van der Waals surface area contributed by atoms with Crippen molar-refractivity contribution < 1.29 is 14.7 Å². The normalized spacial score (nSPS) is 12.2. The van der Waals surface area contributed by atoms with Gasteiger partial charge in [0.25, 0.3) is 0 Å². The van der Waals surface area contributed by atoms with Gasteiger partial charge in [-0.2, -0.15) is 0 Å². The van der Waals surface area contributed by atoms with Crippen molar-refractivity contribution in [2.45, 2.75) is 102 Å². The SMILES string of the molecule is CCCCCCCCN(CCCCCCCC)c1ccc2nc(SCC(CC(N)=O)C(=O)O)sc2c1. The lowest BCUT2D eigenvalue weighted by Crippen LogP contribution is -2.25. The first-order valence-corrected chi connectivity index (χ1v) is 15.5. The van der Waals surface area contributed by atoms with E-state index in [2.05, 4.69) is 41.9 Å². The van der Waals surface area contributed by atoms with Crippen LogP contribution in [0.2, 0.25) is 0 Å². The molecule has 1 atom stereocenters. The number of thiazole rings is 1. The first-order chi connectivity index (χ1) is 17.4. The number of anilines is 1. The molecule has 1 unspecified atom stereocenters. The number of carbonyl (C=O) groups excluding carboxylic acids is 1. The number of benzene rings is 1. The highest BCUT2D eigenvalue weighted by atomic mass is 32.2. The second-order valence-electron chi connectivity index (χ2n) is 9.67. The Labute approximate surface area is 225 Å². The minimum atomic E-state index is -0.996. The summed E-state index contributed by atoms with van der Waals surface area (Å²) in [5.74, 6) is -2.09. The Kier molecular flexibility index (Phi) is 14.9. The number of fused-ring (bicyclic) bond motifs is 1. The van der Waals surface area contributed by atoms with Crippen LogP contribution in [-0.2, 0) is 9.59 Å². The molecule has 0 fully saturated rings. The Balaban J connectivity index is 2.01. The summed E-state index contributed by atoms with van der Waals surface area (Å²) in [6.45, 7) is 6.68. The predicted octanol–water partition coefficient (Wildman–Crippen LogP) is 7.49. The molecule has 0 radical (unpaired) electrons. The topological polar surface area (TPSA) is 96.5 Å². The number of aromatic nitrogens is 1. The zero-order valence-corrected chi connectivity index (χ0v) is 23.8. The minimum absolute atomic E-state index is 0.150. The summed E-state index contributed by atoms with van der Waals surface area (Å²) in [5.41, 5.74) is 7.40. The van der Waals surface area contributed by atoms with E-state index in [-0.39, 0.29) is 12.2 Å². The lowest BCUT2D eigenvalue weighted by molar-refractivity contribution is -0.142. The molecule has 1 aromatic carbocycles. The highest BCUT2D eigenvalue weighted by Crippen LogP contribution is 2.33. The van der Waals surface area contributed by atoms with Gasteiger partial charge in [-0.05, 0) is 31.0 Å². The number of carboxylic acids is 1. The average Bonchev–Trinajstić information content (AvgIpc) is 3.26. The fourth-order valence-corrected chi connectivity index (χ4v) is 6.53. The molecule has 0 bridgehead atoms. The van der Waals surface area contributed by atoms with Crippen LogP contribution in [0.5, 0.6) is 0 Å². The van der Waals surface area contributed by atoms with Crippen molar-refractivity contribution >= 4 is 50.9 Å². The zero-order valence-electron chi connectivity index (χ0n) is 22.2. The first-order valence-electron chi connectivity index (χ1n) is 13.7. The summed E-state index contributed by atoms with van der Waals surface area (Å²) in [4.78, 5) is 29.8. The van der Waals surface area contributed by atoms with Gasteiger partial charge in [-0.1, -0.05) is 89.8 Å². The van der Waals surface area contributed by atoms with Gasteiger partial charge >= 0.3 is 5.97 Å². The molecule has 1 aromatic heterocycles. The standard InChI is InChI=1S/C28H45N3O3S2/c1-3-5-7-9-11-13-17-31(18-14-12-10-8-6-4-2)23-15-16-24-25(20-23)36-28(30-24)35-21-22(27(33)34)19-26(29)32/h15-16,20,22H,3-14,17-19,21H2,1-2H3,(H2,29,32)(H,33,34). The largest absolute Gasteiger partial charge is 0.481 e. The van der Waals surface area contributed by atoms with Gasteiger partial charge in [0, 0.05) is 31.0 Å². The molecule has 2 aromatic rings. The van der Waals surface area contributed by atoms with Gasteiger partial charge in [0.2, 0.25) is 5.91 Å². The van der Waals surface area contributed by atoms with E-state index in [4.69, 9.17) is 5.73 Å². The first kappa shape index (κ1) is 30.4. The molecule has 8 heteroatoms. The monoisotopic (exact) mass is 535 g/mol. The van der Waals surface area contributed by atoms with E-state index in [0.717, 1.165) is 27.6 Å². The van der Waals surface area contributed by atoms with Crippen molar-refractivity contribution in [2.75, 3.05) is 23.7 Å². The van der Waals surface area contributed by atoms with Gasteiger partial charge in [0.1, 0.15) is 0 Å². The van der Waals surface area contributed by atoms with Crippen LogP contribution in [0, 0.1) is 5.92 Å². The molecule has 2 rings (SSSR count). The molecule has 0 saturated heterocycles. The van der Waals surface area contributed by atoms with E-state index in [1.165, 1.54) is 94.5 Å². The number of carboxylic acid groups (broad SMARTS) is 1. The third-order valence-electron chi connectivity index (χ3n) is 6.49. The number of nitrogens with zero attached hydrogens (tertiary/aromatic N) is 2. The molecular weight excluding hydrogens is 490 g/mol. The lowest BCUT2D eigenvalue weighted by atomic mass is 10.1. The number of nitrogens with two attached hydrogens (primary N) is 1. The summed E-state index contributed by atoms with van der Waals surface area (Å²) in [6, 6.07) is 6.50. The van der Waals surface area contributed by atoms with Crippen molar-refractivity contribution in [3.05, 3.63) is 18.2 Å².